The number of thiazole rings is 1. The molecule has 0 aliphatic rings. The van der Waals surface area contributed by atoms with Crippen molar-refractivity contribution in [2.75, 3.05) is 18.1 Å². The molecule has 0 saturated heterocycles. The third-order valence-electron chi connectivity index (χ3n) is 4.94. The zero-order valence-electron chi connectivity index (χ0n) is 17.1. The highest BCUT2D eigenvalue weighted by molar-refractivity contribution is 7.22. The molecule has 0 spiro atoms. The molecule has 0 saturated carbocycles. The van der Waals surface area contributed by atoms with E-state index in [0.29, 0.717) is 19.6 Å². The number of carboxylic acids is 1. The first-order chi connectivity index (χ1) is 15.2. The summed E-state index contributed by atoms with van der Waals surface area (Å²) in [6, 6.07) is 26.3. The van der Waals surface area contributed by atoms with Gasteiger partial charge in [-0.05, 0) is 54.8 Å². The molecule has 31 heavy (non-hydrogen) atoms. The number of carboxylic acid groups (broad SMARTS) is 1. The molecule has 0 unspecified atom stereocenters. The van der Waals surface area contributed by atoms with Gasteiger partial charge in [0.15, 0.2) is 5.13 Å². The Balaban J connectivity index is 1.40. The number of nitrogens with zero attached hydrogens (tertiary/aromatic N) is 2. The van der Waals surface area contributed by atoms with Gasteiger partial charge in [-0.3, -0.25) is 4.79 Å². The summed E-state index contributed by atoms with van der Waals surface area (Å²) in [7, 11) is 0. The maximum absolute atomic E-state index is 10.6. The van der Waals surface area contributed by atoms with Crippen LogP contribution in [-0.2, 0) is 11.2 Å². The average Bonchev–Trinajstić information content (AvgIpc) is 3.22. The van der Waals surface area contributed by atoms with Gasteiger partial charge in [0, 0.05) is 12.1 Å². The van der Waals surface area contributed by atoms with Gasteiger partial charge in [-0.15, -0.1) is 0 Å². The van der Waals surface area contributed by atoms with Gasteiger partial charge in [0.25, 0.3) is 0 Å². The fourth-order valence-corrected chi connectivity index (χ4v) is 4.38. The van der Waals surface area contributed by atoms with Crippen molar-refractivity contribution in [1.82, 2.24) is 4.98 Å². The third kappa shape index (κ3) is 5.61. The number of hydrogen-bond donors (Lipinski definition) is 1. The van der Waals surface area contributed by atoms with E-state index in [4.69, 9.17) is 14.8 Å². The van der Waals surface area contributed by atoms with Crippen LogP contribution in [0.1, 0.15) is 18.4 Å². The molecular formula is C25H24N2O3S. The lowest BCUT2D eigenvalue weighted by Gasteiger charge is -2.22. The molecule has 1 heterocycles. The Labute approximate surface area is 185 Å². The van der Waals surface area contributed by atoms with E-state index >= 15 is 0 Å². The minimum Gasteiger partial charge on any atom is -0.492 e. The Morgan fingerprint density at radius 1 is 0.968 bits per heavy atom. The molecule has 0 aliphatic heterocycles. The second-order valence-electron chi connectivity index (χ2n) is 7.19. The third-order valence-corrected chi connectivity index (χ3v) is 6.00. The number of rotatable bonds is 10. The maximum Gasteiger partial charge on any atom is 0.303 e. The van der Waals surface area contributed by atoms with Crippen molar-refractivity contribution in [2.24, 2.45) is 0 Å². The Kier molecular flexibility index (Phi) is 6.79. The van der Waals surface area contributed by atoms with Crippen LogP contribution in [0.3, 0.4) is 0 Å². The molecule has 6 heteroatoms. The van der Waals surface area contributed by atoms with Gasteiger partial charge in [-0.2, -0.15) is 0 Å². The SMILES string of the molecule is O=C(O)CCCc1ccc(OCCN(c2ccccc2)c2nc3ccccc3s2)cc1. The second kappa shape index (κ2) is 10.1. The molecule has 0 aliphatic carbocycles. The topological polar surface area (TPSA) is 62.7 Å². The number of ether oxygens (including phenoxy) is 1. The first kappa shape index (κ1) is 20.9. The highest BCUT2D eigenvalue weighted by atomic mass is 32.1. The van der Waals surface area contributed by atoms with Crippen LogP contribution in [0.15, 0.2) is 78.9 Å². The standard InChI is InChI=1S/C25H24N2O3S/c28-24(29)12-6-7-19-13-15-21(16-14-19)30-18-17-27(20-8-2-1-3-9-20)25-26-22-10-4-5-11-23(22)31-25/h1-5,8-11,13-16H,6-7,12,17-18H2,(H,28,29). The molecule has 0 atom stereocenters. The molecule has 0 fully saturated rings. The fourth-order valence-electron chi connectivity index (χ4n) is 3.37. The predicted molar refractivity (Wildman–Crippen MR) is 126 cm³/mol. The van der Waals surface area contributed by atoms with Crippen LogP contribution in [0, 0.1) is 0 Å². The van der Waals surface area contributed by atoms with E-state index in [9.17, 15) is 4.79 Å². The van der Waals surface area contributed by atoms with E-state index in [-0.39, 0.29) is 6.42 Å². The minimum absolute atomic E-state index is 0.194. The number of aryl methyl sites for hydroxylation is 1. The quantitative estimate of drug-likeness (QED) is 0.337. The number of aromatic nitrogens is 1. The molecule has 1 N–H and O–H groups in total. The Morgan fingerprint density at radius 3 is 2.45 bits per heavy atom. The minimum atomic E-state index is -0.754. The van der Waals surface area contributed by atoms with Crippen molar-refractivity contribution < 1.29 is 14.6 Å². The van der Waals surface area contributed by atoms with Crippen molar-refractivity contribution in [2.45, 2.75) is 19.3 Å². The first-order valence-corrected chi connectivity index (χ1v) is 11.1. The van der Waals surface area contributed by atoms with Crippen molar-refractivity contribution in [3.63, 3.8) is 0 Å². The van der Waals surface area contributed by atoms with Gasteiger partial charge in [0.05, 0.1) is 16.8 Å². The number of para-hydroxylation sites is 2. The summed E-state index contributed by atoms with van der Waals surface area (Å²) in [5.74, 6) is 0.0512. The van der Waals surface area contributed by atoms with Crippen LogP contribution in [0.2, 0.25) is 0 Å². The summed E-state index contributed by atoms with van der Waals surface area (Å²) in [6.07, 6.45) is 1.59. The summed E-state index contributed by atoms with van der Waals surface area (Å²) in [5, 5.41) is 9.70. The molecule has 4 rings (SSSR count). The van der Waals surface area contributed by atoms with Gasteiger partial charge in [-0.1, -0.05) is 53.8 Å². The van der Waals surface area contributed by atoms with E-state index in [1.807, 2.05) is 60.7 Å². The summed E-state index contributed by atoms with van der Waals surface area (Å²) in [5.41, 5.74) is 3.20. The normalized spacial score (nSPS) is 10.8. The van der Waals surface area contributed by atoms with E-state index in [2.05, 4.69) is 23.1 Å². The molecule has 0 radical (unpaired) electrons. The molecule has 0 bridgehead atoms. The summed E-state index contributed by atoms with van der Waals surface area (Å²) in [4.78, 5) is 17.6. The van der Waals surface area contributed by atoms with Gasteiger partial charge in [0.2, 0.25) is 0 Å². The maximum atomic E-state index is 10.6. The van der Waals surface area contributed by atoms with E-state index in [0.717, 1.165) is 38.8 Å². The lowest BCUT2D eigenvalue weighted by atomic mass is 10.1. The van der Waals surface area contributed by atoms with Gasteiger partial charge >= 0.3 is 5.97 Å². The molecule has 158 valence electrons. The van der Waals surface area contributed by atoms with Crippen LogP contribution < -0.4 is 9.64 Å². The summed E-state index contributed by atoms with van der Waals surface area (Å²) in [6.45, 7) is 1.19. The summed E-state index contributed by atoms with van der Waals surface area (Å²) < 4.78 is 7.16. The average molecular weight is 433 g/mol. The second-order valence-corrected chi connectivity index (χ2v) is 8.20. The number of benzene rings is 3. The van der Waals surface area contributed by atoms with Crippen LogP contribution in [0.5, 0.6) is 5.75 Å². The van der Waals surface area contributed by atoms with Gasteiger partial charge in [-0.25, -0.2) is 4.98 Å². The van der Waals surface area contributed by atoms with E-state index in [1.54, 1.807) is 11.3 Å². The Bertz CT molecular complexity index is 1090. The van der Waals surface area contributed by atoms with Crippen molar-refractivity contribution in [1.29, 1.82) is 0 Å². The van der Waals surface area contributed by atoms with Gasteiger partial charge < -0.3 is 14.7 Å². The molecule has 0 amide bonds. The molecule has 5 nitrogen and oxygen atoms in total. The van der Waals surface area contributed by atoms with Crippen LogP contribution >= 0.6 is 11.3 Å². The zero-order valence-corrected chi connectivity index (χ0v) is 17.9. The number of aliphatic carboxylic acids is 1. The lowest BCUT2D eigenvalue weighted by Crippen LogP contribution is -2.23. The number of fused-ring (bicyclic) bond motifs is 1. The van der Waals surface area contributed by atoms with Crippen molar-refractivity contribution >= 4 is 38.3 Å². The van der Waals surface area contributed by atoms with E-state index < -0.39 is 5.97 Å². The fraction of sp³-hybridized carbons (Fsp3) is 0.200. The van der Waals surface area contributed by atoms with Crippen LogP contribution in [0.25, 0.3) is 10.2 Å². The largest absolute Gasteiger partial charge is 0.492 e. The van der Waals surface area contributed by atoms with Crippen LogP contribution in [-0.4, -0.2) is 29.2 Å². The van der Waals surface area contributed by atoms with Crippen molar-refractivity contribution in [3.8, 4) is 5.75 Å². The smallest absolute Gasteiger partial charge is 0.303 e. The molecular weight excluding hydrogens is 408 g/mol. The number of hydrogen-bond acceptors (Lipinski definition) is 5. The molecule has 1 aromatic heterocycles. The first-order valence-electron chi connectivity index (χ1n) is 10.3. The summed E-state index contributed by atoms with van der Waals surface area (Å²) >= 11 is 1.68. The Morgan fingerprint density at radius 2 is 1.71 bits per heavy atom. The predicted octanol–water partition coefficient (Wildman–Crippen LogP) is 5.92. The molecule has 4 aromatic rings. The number of anilines is 2. The van der Waals surface area contributed by atoms with E-state index in [1.165, 1.54) is 0 Å². The highest BCUT2D eigenvalue weighted by Crippen LogP contribution is 2.33. The highest BCUT2D eigenvalue weighted by Gasteiger charge is 2.14. The lowest BCUT2D eigenvalue weighted by molar-refractivity contribution is -0.137. The monoisotopic (exact) mass is 432 g/mol. The van der Waals surface area contributed by atoms with Crippen LogP contribution in [0.4, 0.5) is 10.8 Å². The number of carbonyl (C=O) groups is 1. The Hall–Kier alpha value is -3.38. The molecule has 3 aromatic carbocycles. The zero-order chi connectivity index (χ0) is 21.5. The van der Waals surface area contributed by atoms with Gasteiger partial charge in [0.1, 0.15) is 12.4 Å². The van der Waals surface area contributed by atoms with Crippen molar-refractivity contribution in [3.05, 3.63) is 84.4 Å².